The number of rotatable bonds is 9. The third-order valence-electron chi connectivity index (χ3n) is 7.87. The number of halogens is 1. The van der Waals surface area contributed by atoms with E-state index in [0.717, 1.165) is 41.4 Å². The van der Waals surface area contributed by atoms with Gasteiger partial charge in [0.15, 0.2) is 0 Å². The quantitative estimate of drug-likeness (QED) is 0.212. The molecule has 1 aromatic heterocycles. The minimum atomic E-state index is -0.865. The zero-order valence-electron chi connectivity index (χ0n) is 25.3. The Bertz CT molecular complexity index is 1360. The summed E-state index contributed by atoms with van der Waals surface area (Å²) in [6, 6.07) is 3.89. The number of aromatic nitrogens is 1. The molecule has 9 nitrogen and oxygen atoms in total. The number of amides is 2. The van der Waals surface area contributed by atoms with E-state index in [1.54, 1.807) is 20.8 Å². The zero-order chi connectivity index (χ0) is 30.7. The van der Waals surface area contributed by atoms with Crippen LogP contribution in [0.25, 0.3) is 10.9 Å². The van der Waals surface area contributed by atoms with E-state index in [4.69, 9.17) is 30.8 Å². The van der Waals surface area contributed by atoms with Crippen LogP contribution in [0.5, 0.6) is 5.75 Å². The molecule has 4 rings (SSSR count). The third-order valence-corrected chi connectivity index (χ3v) is 8.11. The number of methoxy groups -OCH3 is 1. The molecule has 1 saturated heterocycles. The number of aryl methyl sites for hydroxylation is 2. The summed E-state index contributed by atoms with van der Waals surface area (Å²) >= 11 is 6.30. The maximum atomic E-state index is 14.1. The molecule has 0 saturated carbocycles. The Morgan fingerprint density at radius 1 is 1.29 bits per heavy atom. The van der Waals surface area contributed by atoms with Crippen molar-refractivity contribution in [2.24, 2.45) is 0 Å². The molecule has 1 N–H and O–H groups in total. The monoisotopic (exact) mass is 599 g/mol. The van der Waals surface area contributed by atoms with Crippen LogP contribution in [0.1, 0.15) is 77.0 Å². The average Bonchev–Trinajstić information content (AvgIpc) is 3.29. The molecule has 1 aromatic carbocycles. The van der Waals surface area contributed by atoms with Crippen LogP contribution < -0.4 is 10.1 Å². The summed E-state index contributed by atoms with van der Waals surface area (Å²) in [4.78, 5) is 46.1. The van der Waals surface area contributed by atoms with Crippen molar-refractivity contribution in [1.82, 2.24) is 15.2 Å². The highest BCUT2D eigenvalue weighted by atomic mass is 35.5. The molecule has 0 bridgehead atoms. The molecule has 1 fully saturated rings. The Labute approximate surface area is 252 Å². The number of pyridine rings is 1. The van der Waals surface area contributed by atoms with Gasteiger partial charge in [0.2, 0.25) is 5.91 Å². The van der Waals surface area contributed by atoms with Crippen LogP contribution >= 0.6 is 11.6 Å². The van der Waals surface area contributed by atoms with E-state index in [-0.39, 0.29) is 18.9 Å². The molecule has 3 atom stereocenters. The molecule has 3 heterocycles. The van der Waals surface area contributed by atoms with Gasteiger partial charge in [-0.05, 0) is 78.0 Å². The second-order valence-corrected chi connectivity index (χ2v) is 12.7. The second kappa shape index (κ2) is 12.9. The van der Waals surface area contributed by atoms with Crippen LogP contribution in [0.4, 0.5) is 4.79 Å². The van der Waals surface area contributed by atoms with Gasteiger partial charge in [0.1, 0.15) is 29.0 Å². The number of benzene rings is 1. The average molecular weight is 600 g/mol. The first kappa shape index (κ1) is 31.6. The number of alkyl carbamates (subject to hydrolysis) is 1. The zero-order valence-corrected chi connectivity index (χ0v) is 26.0. The lowest BCUT2D eigenvalue weighted by atomic mass is 9.87. The molecular weight excluding hydrogens is 558 g/mol. The number of hydrogen-bond donors (Lipinski definition) is 1. The minimum Gasteiger partial charge on any atom is -0.483 e. The van der Waals surface area contributed by atoms with Gasteiger partial charge in [-0.2, -0.15) is 0 Å². The van der Waals surface area contributed by atoms with Crippen molar-refractivity contribution in [3.63, 3.8) is 0 Å². The number of ether oxygens (including phenoxy) is 3. The van der Waals surface area contributed by atoms with Crippen LogP contribution in [0.15, 0.2) is 30.9 Å². The van der Waals surface area contributed by atoms with Crippen molar-refractivity contribution in [3.05, 3.63) is 47.1 Å². The van der Waals surface area contributed by atoms with E-state index in [1.165, 1.54) is 12.0 Å². The summed E-state index contributed by atoms with van der Waals surface area (Å²) in [5.41, 5.74) is 1.07. The van der Waals surface area contributed by atoms with Gasteiger partial charge in [-0.3, -0.25) is 4.79 Å². The number of nitrogens with zero attached hydrogens (tertiary/aromatic N) is 2. The Balaban J connectivity index is 1.61. The number of likely N-dealkylation sites (tertiary alicyclic amines) is 1. The highest BCUT2D eigenvalue weighted by molar-refractivity contribution is 6.31. The van der Waals surface area contributed by atoms with Gasteiger partial charge in [-0.1, -0.05) is 30.5 Å². The van der Waals surface area contributed by atoms with E-state index in [9.17, 15) is 14.4 Å². The summed E-state index contributed by atoms with van der Waals surface area (Å²) in [5, 5.41) is 4.33. The van der Waals surface area contributed by atoms with E-state index < -0.39 is 35.3 Å². The lowest BCUT2D eigenvalue weighted by Gasteiger charge is -2.36. The molecule has 228 valence electrons. The highest BCUT2D eigenvalue weighted by Crippen LogP contribution is 2.45. The summed E-state index contributed by atoms with van der Waals surface area (Å²) in [7, 11) is 1.31. The fourth-order valence-electron chi connectivity index (χ4n) is 5.93. The van der Waals surface area contributed by atoms with Crippen molar-refractivity contribution in [3.8, 4) is 5.75 Å². The van der Waals surface area contributed by atoms with Crippen LogP contribution in [0, 0.1) is 6.92 Å². The SMILES string of the molecule is C=CCCCCCC(NC(=O)OC(C)(C)C)C(=O)N1CC2(CCc3c(c(C)nc4ccc(Cl)cc34)O2)CC1C(=O)OC. The van der Waals surface area contributed by atoms with Gasteiger partial charge < -0.3 is 24.4 Å². The number of unbranched alkanes of at least 4 members (excludes halogenated alkanes) is 3. The van der Waals surface area contributed by atoms with E-state index in [1.807, 2.05) is 31.2 Å². The van der Waals surface area contributed by atoms with Gasteiger partial charge in [0.05, 0.1) is 24.9 Å². The maximum Gasteiger partial charge on any atom is 0.408 e. The standard InChI is InChI=1S/C32H42ClN3O6/c1-7-8-9-10-11-12-25(35-30(39)42-31(3,4)5)28(37)36-19-32(18-26(36)29(38)40-6)16-15-22-23-17-21(33)13-14-24(23)34-20(2)27(22)41-32/h7,13-14,17,25-26H,1,8-12,15-16,18-19H2,2-6H3,(H,35,39). The van der Waals surface area contributed by atoms with Crippen LogP contribution in [0.3, 0.4) is 0 Å². The van der Waals surface area contributed by atoms with E-state index in [2.05, 4.69) is 11.9 Å². The maximum absolute atomic E-state index is 14.1. The summed E-state index contributed by atoms with van der Waals surface area (Å²) in [5.74, 6) is -0.206. The van der Waals surface area contributed by atoms with Crippen molar-refractivity contribution < 1.29 is 28.6 Å². The van der Waals surface area contributed by atoms with Crippen molar-refractivity contribution in [1.29, 1.82) is 0 Å². The first-order valence-electron chi connectivity index (χ1n) is 14.6. The van der Waals surface area contributed by atoms with Crippen LogP contribution in [-0.4, -0.2) is 64.8 Å². The minimum absolute atomic E-state index is 0.182. The van der Waals surface area contributed by atoms with Crippen molar-refractivity contribution in [2.45, 2.75) is 102 Å². The molecule has 2 aliphatic rings. The normalized spacial score (nSPS) is 20.5. The lowest BCUT2D eigenvalue weighted by Crippen LogP contribution is -2.53. The Hall–Kier alpha value is -3.33. The van der Waals surface area contributed by atoms with Gasteiger partial charge in [0.25, 0.3) is 0 Å². The third kappa shape index (κ3) is 7.17. The summed E-state index contributed by atoms with van der Waals surface area (Å²) in [6.45, 7) is 11.1. The molecule has 42 heavy (non-hydrogen) atoms. The van der Waals surface area contributed by atoms with Crippen molar-refractivity contribution in [2.75, 3.05) is 13.7 Å². The number of carbonyl (C=O) groups is 3. The smallest absolute Gasteiger partial charge is 0.408 e. The highest BCUT2D eigenvalue weighted by Gasteiger charge is 2.53. The number of carbonyl (C=O) groups excluding carboxylic acids is 3. The molecule has 2 aliphatic heterocycles. The largest absolute Gasteiger partial charge is 0.483 e. The Morgan fingerprint density at radius 3 is 2.74 bits per heavy atom. The lowest BCUT2D eigenvalue weighted by molar-refractivity contribution is -0.151. The molecular formula is C32H42ClN3O6. The first-order valence-corrected chi connectivity index (χ1v) is 15.0. The molecule has 1 spiro atoms. The molecule has 0 radical (unpaired) electrons. The Kier molecular flexibility index (Phi) is 9.70. The second-order valence-electron chi connectivity index (χ2n) is 12.3. The molecule has 3 unspecified atom stereocenters. The number of nitrogens with one attached hydrogen (secondary N) is 1. The van der Waals surface area contributed by atoms with Crippen LogP contribution in [0.2, 0.25) is 5.02 Å². The molecule has 0 aliphatic carbocycles. The first-order chi connectivity index (χ1) is 19.9. The summed E-state index contributed by atoms with van der Waals surface area (Å²) in [6.07, 6.45) is 6.55. The van der Waals surface area contributed by atoms with Crippen LogP contribution in [-0.2, 0) is 25.5 Å². The van der Waals surface area contributed by atoms with E-state index in [0.29, 0.717) is 36.5 Å². The van der Waals surface area contributed by atoms with Gasteiger partial charge in [-0.25, -0.2) is 14.6 Å². The van der Waals surface area contributed by atoms with Gasteiger partial charge in [0, 0.05) is 22.4 Å². The predicted octanol–water partition coefficient (Wildman–Crippen LogP) is 6.06. The van der Waals surface area contributed by atoms with Crippen molar-refractivity contribution >= 4 is 40.5 Å². The van der Waals surface area contributed by atoms with Gasteiger partial charge >= 0.3 is 12.1 Å². The fraction of sp³-hybridized carbons (Fsp3) is 0.562. The number of fused-ring (bicyclic) bond motifs is 3. The topological polar surface area (TPSA) is 107 Å². The fourth-order valence-corrected chi connectivity index (χ4v) is 6.10. The predicted molar refractivity (Wildman–Crippen MR) is 162 cm³/mol. The number of esters is 1. The molecule has 10 heteroatoms. The van der Waals surface area contributed by atoms with E-state index >= 15 is 0 Å². The number of hydrogen-bond acceptors (Lipinski definition) is 7. The molecule has 2 amide bonds. The Morgan fingerprint density at radius 2 is 2.05 bits per heavy atom. The van der Waals surface area contributed by atoms with Gasteiger partial charge in [-0.15, -0.1) is 6.58 Å². The molecule has 2 aromatic rings. The summed E-state index contributed by atoms with van der Waals surface area (Å²) < 4.78 is 17.3. The number of allylic oxidation sites excluding steroid dienone is 1.